The molecule has 0 unspecified atom stereocenters. The summed E-state index contributed by atoms with van der Waals surface area (Å²) in [4.78, 5) is 23.7. The summed E-state index contributed by atoms with van der Waals surface area (Å²) in [5, 5.41) is 5.72. The second kappa shape index (κ2) is 7.61. The van der Waals surface area contributed by atoms with Gasteiger partial charge in [0.25, 0.3) is 0 Å². The van der Waals surface area contributed by atoms with E-state index in [9.17, 15) is 9.59 Å². The zero-order valence-electron chi connectivity index (χ0n) is 11.9. The maximum absolute atomic E-state index is 12.0. The van der Waals surface area contributed by atoms with E-state index in [1.165, 1.54) is 7.11 Å². The minimum Gasteiger partial charge on any atom is -0.465 e. The van der Waals surface area contributed by atoms with Gasteiger partial charge >= 0.3 is 5.97 Å². The normalized spacial score (nSPS) is 9.91. The number of rotatable bonds is 5. The summed E-state index contributed by atoms with van der Waals surface area (Å²) >= 11 is 3.40. The van der Waals surface area contributed by atoms with Crippen LogP contribution in [-0.2, 0) is 9.53 Å². The summed E-state index contributed by atoms with van der Waals surface area (Å²) in [7, 11) is 1.30. The third-order valence-electron chi connectivity index (χ3n) is 2.92. The van der Waals surface area contributed by atoms with E-state index >= 15 is 0 Å². The SMILES string of the molecule is COC(=O)c1ccccc1NC(=O)CNc1ccccc1Br. The van der Waals surface area contributed by atoms with Crippen LogP contribution in [0.2, 0.25) is 0 Å². The molecule has 2 rings (SSSR count). The second-order valence-electron chi connectivity index (χ2n) is 4.42. The largest absolute Gasteiger partial charge is 0.465 e. The number of ether oxygens (including phenoxy) is 1. The Morgan fingerprint density at radius 1 is 1.05 bits per heavy atom. The first-order chi connectivity index (χ1) is 10.6. The third kappa shape index (κ3) is 4.08. The molecule has 2 aromatic carbocycles. The van der Waals surface area contributed by atoms with Crippen LogP contribution in [0, 0.1) is 0 Å². The average Bonchev–Trinajstić information content (AvgIpc) is 2.54. The van der Waals surface area contributed by atoms with Gasteiger partial charge in [-0.15, -0.1) is 0 Å². The monoisotopic (exact) mass is 362 g/mol. The molecule has 0 saturated heterocycles. The van der Waals surface area contributed by atoms with E-state index in [-0.39, 0.29) is 12.5 Å². The first-order valence-electron chi connectivity index (χ1n) is 6.57. The molecule has 1 amide bonds. The molecule has 5 nitrogen and oxygen atoms in total. The number of hydrogen-bond acceptors (Lipinski definition) is 4. The summed E-state index contributed by atoms with van der Waals surface area (Å²) in [6, 6.07) is 14.2. The molecule has 2 aromatic rings. The quantitative estimate of drug-likeness (QED) is 0.800. The van der Waals surface area contributed by atoms with Crippen LogP contribution in [0.4, 0.5) is 11.4 Å². The van der Waals surface area contributed by atoms with Gasteiger partial charge in [-0.1, -0.05) is 24.3 Å². The van der Waals surface area contributed by atoms with Gasteiger partial charge < -0.3 is 15.4 Å². The van der Waals surface area contributed by atoms with Gasteiger partial charge in [-0.2, -0.15) is 0 Å². The molecular formula is C16H15BrN2O3. The molecule has 0 aliphatic carbocycles. The van der Waals surface area contributed by atoms with Crippen molar-refractivity contribution in [1.82, 2.24) is 0 Å². The highest BCUT2D eigenvalue weighted by Gasteiger charge is 2.13. The first-order valence-corrected chi connectivity index (χ1v) is 7.36. The standard InChI is InChI=1S/C16H15BrN2O3/c1-22-16(21)11-6-2-4-8-13(11)19-15(20)10-18-14-9-5-3-7-12(14)17/h2-9,18H,10H2,1H3,(H,19,20). The number of para-hydroxylation sites is 2. The number of carbonyl (C=O) groups excluding carboxylic acids is 2. The molecule has 2 N–H and O–H groups in total. The predicted molar refractivity (Wildman–Crippen MR) is 89.0 cm³/mol. The van der Waals surface area contributed by atoms with Crippen LogP contribution in [0.3, 0.4) is 0 Å². The van der Waals surface area contributed by atoms with Crippen LogP contribution in [-0.4, -0.2) is 25.5 Å². The molecular weight excluding hydrogens is 348 g/mol. The molecule has 0 atom stereocenters. The van der Waals surface area contributed by atoms with Crippen molar-refractivity contribution in [3.05, 3.63) is 58.6 Å². The Hall–Kier alpha value is -2.34. The van der Waals surface area contributed by atoms with Crippen molar-refractivity contribution in [2.45, 2.75) is 0 Å². The van der Waals surface area contributed by atoms with Crippen LogP contribution < -0.4 is 10.6 Å². The number of benzene rings is 2. The fourth-order valence-corrected chi connectivity index (χ4v) is 2.28. The van der Waals surface area contributed by atoms with E-state index < -0.39 is 5.97 Å². The zero-order chi connectivity index (χ0) is 15.9. The van der Waals surface area contributed by atoms with Crippen molar-refractivity contribution in [2.75, 3.05) is 24.3 Å². The summed E-state index contributed by atoms with van der Waals surface area (Å²) in [5.74, 6) is -0.748. The minimum atomic E-state index is -0.491. The van der Waals surface area contributed by atoms with Gasteiger partial charge in [0.1, 0.15) is 0 Å². The Morgan fingerprint density at radius 3 is 2.36 bits per heavy atom. The lowest BCUT2D eigenvalue weighted by Gasteiger charge is -2.11. The third-order valence-corrected chi connectivity index (χ3v) is 3.61. The Kier molecular flexibility index (Phi) is 5.55. The highest BCUT2D eigenvalue weighted by molar-refractivity contribution is 9.10. The number of hydrogen-bond donors (Lipinski definition) is 2. The molecule has 0 aliphatic heterocycles. The number of nitrogens with one attached hydrogen (secondary N) is 2. The van der Waals surface area contributed by atoms with E-state index in [1.54, 1.807) is 24.3 Å². The molecule has 0 radical (unpaired) electrons. The molecule has 0 saturated carbocycles. The highest BCUT2D eigenvalue weighted by Crippen LogP contribution is 2.21. The maximum Gasteiger partial charge on any atom is 0.339 e. The van der Waals surface area contributed by atoms with Crippen molar-refractivity contribution in [3.63, 3.8) is 0 Å². The molecule has 6 heteroatoms. The van der Waals surface area contributed by atoms with E-state index in [4.69, 9.17) is 4.74 Å². The van der Waals surface area contributed by atoms with Gasteiger partial charge in [-0.05, 0) is 40.2 Å². The number of esters is 1. The van der Waals surface area contributed by atoms with Gasteiger partial charge in [0, 0.05) is 10.2 Å². The number of carbonyl (C=O) groups is 2. The van der Waals surface area contributed by atoms with Crippen LogP contribution in [0.25, 0.3) is 0 Å². The second-order valence-corrected chi connectivity index (χ2v) is 5.27. The van der Waals surface area contributed by atoms with E-state index in [2.05, 4.69) is 26.6 Å². The fraction of sp³-hybridized carbons (Fsp3) is 0.125. The molecule has 0 bridgehead atoms. The molecule has 22 heavy (non-hydrogen) atoms. The van der Waals surface area contributed by atoms with Gasteiger partial charge in [0.15, 0.2) is 0 Å². The van der Waals surface area contributed by atoms with Crippen molar-refractivity contribution in [3.8, 4) is 0 Å². The summed E-state index contributed by atoms with van der Waals surface area (Å²) < 4.78 is 5.56. The van der Waals surface area contributed by atoms with Crippen LogP contribution in [0.15, 0.2) is 53.0 Å². The molecule has 0 fully saturated rings. The van der Waals surface area contributed by atoms with E-state index in [0.29, 0.717) is 11.3 Å². The number of amides is 1. The average molecular weight is 363 g/mol. The Bertz CT molecular complexity index is 689. The predicted octanol–water partition coefficient (Wildman–Crippen LogP) is 3.29. The zero-order valence-corrected chi connectivity index (χ0v) is 13.5. The van der Waals surface area contributed by atoms with Gasteiger partial charge in [-0.3, -0.25) is 4.79 Å². The van der Waals surface area contributed by atoms with Crippen molar-refractivity contribution < 1.29 is 14.3 Å². The first kappa shape index (κ1) is 16.0. The smallest absolute Gasteiger partial charge is 0.339 e. The lowest BCUT2D eigenvalue weighted by atomic mass is 10.2. The number of anilines is 2. The summed E-state index contributed by atoms with van der Waals surface area (Å²) in [6.07, 6.45) is 0. The van der Waals surface area contributed by atoms with Gasteiger partial charge in [0.05, 0.1) is 24.9 Å². The molecule has 0 spiro atoms. The topological polar surface area (TPSA) is 67.4 Å². The van der Waals surface area contributed by atoms with Gasteiger partial charge in [0.2, 0.25) is 5.91 Å². The van der Waals surface area contributed by atoms with Crippen LogP contribution in [0.1, 0.15) is 10.4 Å². The molecule has 0 heterocycles. The summed E-state index contributed by atoms with van der Waals surface area (Å²) in [5.41, 5.74) is 1.56. The number of methoxy groups -OCH3 is 1. The molecule has 0 aromatic heterocycles. The van der Waals surface area contributed by atoms with Crippen molar-refractivity contribution in [2.24, 2.45) is 0 Å². The fourth-order valence-electron chi connectivity index (χ4n) is 1.85. The maximum atomic E-state index is 12.0. The lowest BCUT2D eigenvalue weighted by Crippen LogP contribution is -2.23. The van der Waals surface area contributed by atoms with Gasteiger partial charge in [-0.25, -0.2) is 4.79 Å². The summed E-state index contributed by atoms with van der Waals surface area (Å²) in [6.45, 7) is 0.0815. The van der Waals surface area contributed by atoms with E-state index in [1.807, 2.05) is 24.3 Å². The molecule has 114 valence electrons. The minimum absolute atomic E-state index is 0.0815. The Morgan fingerprint density at radius 2 is 1.68 bits per heavy atom. The molecule has 0 aliphatic rings. The highest BCUT2D eigenvalue weighted by atomic mass is 79.9. The Balaban J connectivity index is 2.01. The van der Waals surface area contributed by atoms with Crippen molar-refractivity contribution >= 4 is 39.2 Å². The van der Waals surface area contributed by atoms with Crippen molar-refractivity contribution in [1.29, 1.82) is 0 Å². The van der Waals surface area contributed by atoms with Crippen LogP contribution in [0.5, 0.6) is 0 Å². The lowest BCUT2D eigenvalue weighted by molar-refractivity contribution is -0.114. The van der Waals surface area contributed by atoms with Crippen LogP contribution >= 0.6 is 15.9 Å². The number of halogens is 1. The Labute approximate surface area is 136 Å². The van der Waals surface area contributed by atoms with E-state index in [0.717, 1.165) is 10.2 Å².